The third kappa shape index (κ3) is 3.27. The fourth-order valence-electron chi connectivity index (χ4n) is 2.80. The van der Waals surface area contributed by atoms with E-state index in [4.69, 9.17) is 13.9 Å². The van der Waals surface area contributed by atoms with E-state index in [2.05, 4.69) is 0 Å². The van der Waals surface area contributed by atoms with Crippen molar-refractivity contribution in [2.24, 2.45) is 0 Å². The molecule has 0 aliphatic rings. The quantitative estimate of drug-likeness (QED) is 0.646. The Morgan fingerprint density at radius 2 is 1.63 bits per heavy atom. The summed E-state index contributed by atoms with van der Waals surface area (Å²) in [5, 5.41) is 29.3. The number of phenols is 3. The molecule has 3 N–H and O–H groups in total. The Balaban J connectivity index is 2.23. The van der Waals surface area contributed by atoms with E-state index in [-0.39, 0.29) is 51.0 Å². The molecule has 2 aromatic carbocycles. The molecule has 0 atom stereocenters. The van der Waals surface area contributed by atoms with Crippen LogP contribution in [0.2, 0.25) is 0 Å². The standard InChI is InChI=1S/C20H18O7/c1-10-15(5-4-11-6-12(21)8-13(22)7-11)27-20-17(18(10)24)14(23)9-16(25-2)19(20)26-3/h4-9,21-23H,1-3H3/b5-4+. The molecule has 0 fully saturated rings. The highest BCUT2D eigenvalue weighted by molar-refractivity contribution is 5.92. The second-order valence-corrected chi connectivity index (χ2v) is 5.87. The second-order valence-electron chi connectivity index (χ2n) is 5.87. The Labute approximate surface area is 154 Å². The average molecular weight is 370 g/mol. The lowest BCUT2D eigenvalue weighted by Crippen LogP contribution is -2.08. The van der Waals surface area contributed by atoms with Crippen LogP contribution >= 0.6 is 0 Å². The van der Waals surface area contributed by atoms with E-state index in [0.717, 1.165) is 0 Å². The fourth-order valence-corrected chi connectivity index (χ4v) is 2.80. The summed E-state index contributed by atoms with van der Waals surface area (Å²) in [5.74, 6) is 0.189. The molecule has 7 nitrogen and oxygen atoms in total. The molecular weight excluding hydrogens is 352 g/mol. The molecule has 0 unspecified atom stereocenters. The van der Waals surface area contributed by atoms with Gasteiger partial charge in [-0.2, -0.15) is 0 Å². The molecule has 0 spiro atoms. The van der Waals surface area contributed by atoms with Crippen molar-refractivity contribution in [3.05, 3.63) is 51.4 Å². The topological polar surface area (TPSA) is 109 Å². The Kier molecular flexibility index (Phi) is 4.68. The van der Waals surface area contributed by atoms with E-state index in [1.807, 2.05) is 0 Å². The van der Waals surface area contributed by atoms with E-state index in [1.165, 1.54) is 44.6 Å². The summed E-state index contributed by atoms with van der Waals surface area (Å²) in [6.07, 6.45) is 3.10. The van der Waals surface area contributed by atoms with Crippen LogP contribution in [0.1, 0.15) is 16.9 Å². The number of ether oxygens (including phenoxy) is 2. The molecule has 0 amide bonds. The third-order valence-electron chi connectivity index (χ3n) is 4.11. The lowest BCUT2D eigenvalue weighted by molar-refractivity contribution is 0.349. The number of hydrogen-bond acceptors (Lipinski definition) is 7. The van der Waals surface area contributed by atoms with Crippen LogP contribution in [-0.2, 0) is 0 Å². The molecule has 0 saturated carbocycles. The van der Waals surface area contributed by atoms with Gasteiger partial charge in [-0.1, -0.05) is 6.08 Å². The minimum Gasteiger partial charge on any atom is -0.508 e. The van der Waals surface area contributed by atoms with Gasteiger partial charge in [0.2, 0.25) is 5.75 Å². The number of hydrogen-bond donors (Lipinski definition) is 3. The molecule has 140 valence electrons. The van der Waals surface area contributed by atoms with Crippen LogP contribution in [-0.4, -0.2) is 29.5 Å². The molecule has 1 heterocycles. The summed E-state index contributed by atoms with van der Waals surface area (Å²) in [6.45, 7) is 1.57. The van der Waals surface area contributed by atoms with Crippen LogP contribution in [0.5, 0.6) is 28.7 Å². The van der Waals surface area contributed by atoms with Crippen molar-refractivity contribution in [1.29, 1.82) is 0 Å². The zero-order chi connectivity index (χ0) is 19.7. The highest BCUT2D eigenvalue weighted by Gasteiger charge is 2.20. The third-order valence-corrected chi connectivity index (χ3v) is 4.11. The first-order valence-corrected chi connectivity index (χ1v) is 7.98. The van der Waals surface area contributed by atoms with Crippen LogP contribution in [0, 0.1) is 6.92 Å². The minimum absolute atomic E-state index is 0.00250. The summed E-state index contributed by atoms with van der Waals surface area (Å²) in [5.41, 5.74) is 0.442. The van der Waals surface area contributed by atoms with Crippen LogP contribution in [0.3, 0.4) is 0 Å². The van der Waals surface area contributed by atoms with Gasteiger partial charge in [-0.15, -0.1) is 0 Å². The highest BCUT2D eigenvalue weighted by atomic mass is 16.5. The lowest BCUT2D eigenvalue weighted by Gasteiger charge is -2.12. The molecule has 27 heavy (non-hydrogen) atoms. The van der Waals surface area contributed by atoms with E-state index in [1.54, 1.807) is 13.0 Å². The predicted octanol–water partition coefficient (Wildman–Crippen LogP) is 3.41. The van der Waals surface area contributed by atoms with Gasteiger partial charge in [-0.3, -0.25) is 4.79 Å². The molecule has 0 bridgehead atoms. The first-order valence-electron chi connectivity index (χ1n) is 7.98. The number of aromatic hydroxyl groups is 3. The van der Waals surface area contributed by atoms with Crippen LogP contribution in [0.4, 0.5) is 0 Å². The first-order chi connectivity index (χ1) is 12.8. The van der Waals surface area contributed by atoms with Crippen LogP contribution in [0.25, 0.3) is 23.1 Å². The molecular formula is C20H18O7. The summed E-state index contributed by atoms with van der Waals surface area (Å²) >= 11 is 0. The Morgan fingerprint density at radius 3 is 2.22 bits per heavy atom. The van der Waals surface area contributed by atoms with Gasteiger partial charge >= 0.3 is 0 Å². The molecule has 1 aromatic heterocycles. The van der Waals surface area contributed by atoms with Crippen molar-refractivity contribution in [3.8, 4) is 28.7 Å². The maximum atomic E-state index is 12.7. The number of phenolic OH excluding ortho intramolecular Hbond substituents is 3. The normalized spacial score (nSPS) is 11.2. The molecule has 3 rings (SSSR count). The summed E-state index contributed by atoms with van der Waals surface area (Å²) < 4.78 is 16.3. The van der Waals surface area contributed by atoms with Crippen LogP contribution < -0.4 is 14.9 Å². The highest BCUT2D eigenvalue weighted by Crippen LogP contribution is 2.40. The van der Waals surface area contributed by atoms with Crippen molar-refractivity contribution < 1.29 is 29.2 Å². The predicted molar refractivity (Wildman–Crippen MR) is 101 cm³/mol. The molecule has 0 saturated heterocycles. The van der Waals surface area contributed by atoms with E-state index in [9.17, 15) is 20.1 Å². The van der Waals surface area contributed by atoms with Gasteiger partial charge in [0.05, 0.1) is 14.2 Å². The summed E-state index contributed by atoms with van der Waals surface area (Å²) in [7, 11) is 2.81. The van der Waals surface area contributed by atoms with Gasteiger partial charge < -0.3 is 29.2 Å². The van der Waals surface area contributed by atoms with Crippen molar-refractivity contribution in [3.63, 3.8) is 0 Å². The number of methoxy groups -OCH3 is 2. The van der Waals surface area contributed by atoms with E-state index >= 15 is 0 Å². The van der Waals surface area contributed by atoms with E-state index in [0.29, 0.717) is 5.56 Å². The molecule has 0 aliphatic heterocycles. The zero-order valence-corrected chi connectivity index (χ0v) is 14.9. The number of rotatable bonds is 4. The molecule has 3 aromatic rings. The average Bonchev–Trinajstić information content (AvgIpc) is 2.62. The van der Waals surface area contributed by atoms with Gasteiger partial charge in [0.1, 0.15) is 28.4 Å². The van der Waals surface area contributed by atoms with Crippen molar-refractivity contribution >= 4 is 23.1 Å². The smallest absolute Gasteiger partial charge is 0.205 e. The monoisotopic (exact) mass is 370 g/mol. The fraction of sp³-hybridized carbons (Fsp3) is 0.150. The molecule has 7 heteroatoms. The molecule has 0 aliphatic carbocycles. The SMILES string of the molecule is COc1cc(O)c2c(=O)c(C)c(/C=C/c3cc(O)cc(O)c3)oc2c1OC. The zero-order valence-electron chi connectivity index (χ0n) is 14.9. The van der Waals surface area contributed by atoms with E-state index < -0.39 is 5.43 Å². The number of fused-ring (bicyclic) bond motifs is 1. The summed E-state index contributed by atoms with van der Waals surface area (Å²) in [6, 6.07) is 5.39. The van der Waals surface area contributed by atoms with Crippen LogP contribution in [0.15, 0.2) is 33.5 Å². The van der Waals surface area contributed by atoms with Gasteiger partial charge in [-0.05, 0) is 30.7 Å². The lowest BCUT2D eigenvalue weighted by atomic mass is 10.1. The largest absolute Gasteiger partial charge is 0.508 e. The van der Waals surface area contributed by atoms with Gasteiger partial charge in [0.25, 0.3) is 0 Å². The van der Waals surface area contributed by atoms with Crippen molar-refractivity contribution in [2.75, 3.05) is 14.2 Å². The first kappa shape index (κ1) is 18.2. The molecule has 0 radical (unpaired) electrons. The van der Waals surface area contributed by atoms with Crippen molar-refractivity contribution in [1.82, 2.24) is 0 Å². The van der Waals surface area contributed by atoms with Gasteiger partial charge in [0, 0.05) is 17.7 Å². The van der Waals surface area contributed by atoms with Crippen molar-refractivity contribution in [2.45, 2.75) is 6.92 Å². The van der Waals surface area contributed by atoms with Gasteiger partial charge in [-0.25, -0.2) is 0 Å². The number of benzene rings is 2. The minimum atomic E-state index is -0.409. The van der Waals surface area contributed by atoms with Gasteiger partial charge in [0.15, 0.2) is 16.8 Å². The Morgan fingerprint density at radius 1 is 0.963 bits per heavy atom. The Hall–Kier alpha value is -3.61. The maximum Gasteiger partial charge on any atom is 0.205 e. The maximum absolute atomic E-state index is 12.7. The second kappa shape index (κ2) is 6.95. The Bertz CT molecular complexity index is 1090. The summed E-state index contributed by atoms with van der Waals surface area (Å²) in [4.78, 5) is 12.7.